The van der Waals surface area contributed by atoms with Crippen molar-refractivity contribution in [2.24, 2.45) is 0 Å². The molecule has 0 aliphatic heterocycles. The Morgan fingerprint density at radius 3 is 2.81 bits per heavy atom. The lowest BCUT2D eigenvalue weighted by atomic mass is 10.2. The standard InChI is InChI=1S/C17H19ClN4O2S2/c1-2-15(24)22(12-7-8-12)16-20-21-17(26-16)25-10-14(23)19-9-11-5-3-4-6-13(11)18/h3-6,12H,2,7-10H2,1H3,(H,19,23). The van der Waals surface area contributed by atoms with Crippen LogP contribution in [0.15, 0.2) is 28.6 Å². The summed E-state index contributed by atoms with van der Waals surface area (Å²) in [6.45, 7) is 2.23. The molecule has 1 saturated carbocycles. The average molecular weight is 411 g/mol. The Morgan fingerprint density at radius 2 is 2.12 bits per heavy atom. The lowest BCUT2D eigenvalue weighted by Gasteiger charge is -2.17. The van der Waals surface area contributed by atoms with Crippen molar-refractivity contribution in [1.29, 1.82) is 0 Å². The first-order chi connectivity index (χ1) is 12.6. The van der Waals surface area contributed by atoms with Gasteiger partial charge in [0.2, 0.25) is 16.9 Å². The molecule has 1 aliphatic carbocycles. The first-order valence-electron chi connectivity index (χ1n) is 8.37. The summed E-state index contributed by atoms with van der Waals surface area (Å²) in [5.74, 6) is 0.206. The molecule has 9 heteroatoms. The van der Waals surface area contributed by atoms with Crippen LogP contribution >= 0.6 is 34.7 Å². The summed E-state index contributed by atoms with van der Waals surface area (Å²) in [6, 6.07) is 7.67. The average Bonchev–Trinajstić information content (AvgIpc) is 3.36. The van der Waals surface area contributed by atoms with Crippen LogP contribution in [0.25, 0.3) is 0 Å². The highest BCUT2D eigenvalue weighted by molar-refractivity contribution is 8.01. The molecule has 1 aromatic heterocycles. The second kappa shape index (κ2) is 8.83. The van der Waals surface area contributed by atoms with Crippen molar-refractivity contribution in [2.45, 2.75) is 43.1 Å². The van der Waals surface area contributed by atoms with Gasteiger partial charge < -0.3 is 5.32 Å². The summed E-state index contributed by atoms with van der Waals surface area (Å²) in [5.41, 5.74) is 0.879. The van der Waals surface area contributed by atoms with Crippen molar-refractivity contribution >= 4 is 51.6 Å². The van der Waals surface area contributed by atoms with E-state index < -0.39 is 0 Å². The first-order valence-corrected chi connectivity index (χ1v) is 10.5. The van der Waals surface area contributed by atoms with Crippen LogP contribution in [0.5, 0.6) is 0 Å². The fourth-order valence-corrected chi connectivity index (χ4v) is 4.30. The maximum Gasteiger partial charge on any atom is 0.230 e. The summed E-state index contributed by atoms with van der Waals surface area (Å²) in [5, 5.41) is 12.3. The van der Waals surface area contributed by atoms with E-state index in [-0.39, 0.29) is 23.6 Å². The van der Waals surface area contributed by atoms with Crippen LogP contribution in [-0.2, 0) is 16.1 Å². The minimum absolute atomic E-state index is 0.0673. The van der Waals surface area contributed by atoms with Gasteiger partial charge in [0, 0.05) is 24.0 Å². The number of amides is 2. The Kier molecular flexibility index (Phi) is 6.50. The zero-order valence-corrected chi connectivity index (χ0v) is 16.7. The summed E-state index contributed by atoms with van der Waals surface area (Å²) < 4.78 is 0.683. The molecule has 1 heterocycles. The van der Waals surface area contributed by atoms with Gasteiger partial charge in [0.1, 0.15) is 0 Å². The van der Waals surface area contributed by atoms with E-state index in [0.29, 0.717) is 27.5 Å². The number of hydrogen-bond acceptors (Lipinski definition) is 6. The highest BCUT2D eigenvalue weighted by Crippen LogP contribution is 2.36. The van der Waals surface area contributed by atoms with Gasteiger partial charge in [-0.3, -0.25) is 14.5 Å². The van der Waals surface area contributed by atoms with Crippen molar-refractivity contribution in [3.8, 4) is 0 Å². The van der Waals surface area contributed by atoms with Gasteiger partial charge in [-0.2, -0.15) is 0 Å². The number of nitrogens with zero attached hydrogens (tertiary/aromatic N) is 3. The van der Waals surface area contributed by atoms with Gasteiger partial charge in [-0.05, 0) is 24.5 Å². The van der Waals surface area contributed by atoms with Crippen LogP contribution in [0, 0.1) is 0 Å². The van der Waals surface area contributed by atoms with Gasteiger partial charge in [0.25, 0.3) is 0 Å². The van der Waals surface area contributed by atoms with Crippen LogP contribution in [-0.4, -0.2) is 33.8 Å². The molecule has 0 radical (unpaired) electrons. The van der Waals surface area contributed by atoms with Gasteiger partial charge in [0.15, 0.2) is 4.34 Å². The van der Waals surface area contributed by atoms with E-state index in [0.717, 1.165) is 18.4 Å². The Balaban J connectivity index is 1.50. The molecule has 3 rings (SSSR count). The Hall–Kier alpha value is -1.64. The van der Waals surface area contributed by atoms with Gasteiger partial charge >= 0.3 is 0 Å². The molecule has 0 spiro atoms. The summed E-state index contributed by atoms with van der Waals surface area (Å²) in [7, 11) is 0. The second-order valence-electron chi connectivity index (χ2n) is 5.86. The van der Waals surface area contributed by atoms with E-state index in [1.54, 1.807) is 11.0 Å². The molecule has 1 N–H and O–H groups in total. The number of rotatable bonds is 8. The molecule has 6 nitrogen and oxygen atoms in total. The topological polar surface area (TPSA) is 75.2 Å². The lowest BCUT2D eigenvalue weighted by molar-refractivity contribution is -0.119. The smallest absolute Gasteiger partial charge is 0.230 e. The minimum Gasteiger partial charge on any atom is -0.351 e. The van der Waals surface area contributed by atoms with E-state index in [9.17, 15) is 9.59 Å². The SMILES string of the molecule is CCC(=O)N(c1nnc(SCC(=O)NCc2ccccc2Cl)s1)C1CC1. The molecule has 2 aromatic rings. The fourth-order valence-electron chi connectivity index (χ4n) is 2.34. The molecule has 1 aromatic carbocycles. The molecule has 0 bridgehead atoms. The highest BCUT2D eigenvalue weighted by Gasteiger charge is 2.35. The number of carbonyl (C=O) groups is 2. The predicted octanol–water partition coefficient (Wildman–Crippen LogP) is 3.51. The number of hydrogen-bond donors (Lipinski definition) is 1. The number of benzene rings is 1. The van der Waals surface area contributed by atoms with Gasteiger partial charge in [-0.1, -0.05) is 59.8 Å². The van der Waals surface area contributed by atoms with E-state index in [1.807, 2.05) is 25.1 Å². The van der Waals surface area contributed by atoms with Crippen LogP contribution in [0.1, 0.15) is 31.7 Å². The molecule has 0 saturated heterocycles. The minimum atomic E-state index is -0.102. The van der Waals surface area contributed by atoms with Crippen molar-refractivity contribution < 1.29 is 9.59 Å². The zero-order chi connectivity index (χ0) is 18.5. The zero-order valence-electron chi connectivity index (χ0n) is 14.3. The molecule has 0 atom stereocenters. The van der Waals surface area contributed by atoms with E-state index in [4.69, 9.17) is 11.6 Å². The summed E-state index contributed by atoms with van der Waals surface area (Å²) >= 11 is 8.75. The van der Waals surface area contributed by atoms with Crippen LogP contribution in [0.4, 0.5) is 5.13 Å². The lowest BCUT2D eigenvalue weighted by Crippen LogP contribution is -2.32. The van der Waals surface area contributed by atoms with Gasteiger partial charge in [-0.15, -0.1) is 10.2 Å². The highest BCUT2D eigenvalue weighted by atomic mass is 35.5. The number of anilines is 1. The fraction of sp³-hybridized carbons (Fsp3) is 0.412. The Morgan fingerprint density at radius 1 is 1.35 bits per heavy atom. The van der Waals surface area contributed by atoms with Crippen LogP contribution in [0.3, 0.4) is 0 Å². The second-order valence-corrected chi connectivity index (χ2v) is 8.44. The number of carbonyl (C=O) groups excluding carboxylic acids is 2. The predicted molar refractivity (Wildman–Crippen MR) is 105 cm³/mol. The molecule has 26 heavy (non-hydrogen) atoms. The van der Waals surface area contributed by atoms with Crippen molar-refractivity contribution in [2.75, 3.05) is 10.7 Å². The number of aromatic nitrogens is 2. The van der Waals surface area contributed by atoms with Gasteiger partial charge in [0.05, 0.1) is 5.75 Å². The molecular weight excluding hydrogens is 392 g/mol. The van der Waals surface area contributed by atoms with Crippen molar-refractivity contribution in [1.82, 2.24) is 15.5 Å². The third-order valence-corrected chi connectivity index (χ3v) is 6.27. The molecule has 1 fully saturated rings. The number of thioether (sulfide) groups is 1. The molecule has 138 valence electrons. The third kappa shape index (κ3) is 4.96. The van der Waals surface area contributed by atoms with Crippen LogP contribution < -0.4 is 10.2 Å². The Labute approximate surface area is 165 Å². The largest absolute Gasteiger partial charge is 0.351 e. The maximum atomic E-state index is 12.1. The maximum absolute atomic E-state index is 12.1. The summed E-state index contributed by atoms with van der Waals surface area (Å²) in [6.07, 6.45) is 2.47. The van der Waals surface area contributed by atoms with E-state index >= 15 is 0 Å². The summed E-state index contributed by atoms with van der Waals surface area (Å²) in [4.78, 5) is 25.9. The normalized spacial score (nSPS) is 13.5. The molecule has 1 aliphatic rings. The van der Waals surface area contributed by atoms with Gasteiger partial charge in [-0.25, -0.2) is 0 Å². The van der Waals surface area contributed by atoms with Crippen molar-refractivity contribution in [3.63, 3.8) is 0 Å². The van der Waals surface area contributed by atoms with Crippen LogP contribution in [0.2, 0.25) is 5.02 Å². The van der Waals surface area contributed by atoms with E-state index in [1.165, 1.54) is 23.1 Å². The first kappa shape index (κ1) is 19.1. The molecular formula is C17H19ClN4O2S2. The van der Waals surface area contributed by atoms with E-state index in [2.05, 4.69) is 15.5 Å². The Bertz CT molecular complexity index is 795. The number of nitrogens with one attached hydrogen (secondary N) is 1. The quantitative estimate of drug-likeness (QED) is 0.532. The monoisotopic (exact) mass is 410 g/mol. The van der Waals surface area contributed by atoms with Crippen molar-refractivity contribution in [3.05, 3.63) is 34.9 Å². The number of halogens is 1. The molecule has 2 amide bonds. The third-order valence-electron chi connectivity index (χ3n) is 3.85. The molecule has 0 unspecified atom stereocenters.